The molecule has 0 aliphatic carbocycles. The molecule has 52 heavy (non-hydrogen) atoms. The van der Waals surface area contributed by atoms with Crippen molar-refractivity contribution in [2.24, 2.45) is 5.73 Å². The Morgan fingerprint density at radius 2 is 1.50 bits per heavy atom. The largest absolute Gasteiger partial charge is 0.573 e. The van der Waals surface area contributed by atoms with Crippen molar-refractivity contribution in [3.63, 3.8) is 0 Å². The van der Waals surface area contributed by atoms with E-state index in [1.54, 1.807) is 24.3 Å². The molecule has 0 bridgehead atoms. The first-order valence-electron chi connectivity index (χ1n) is 17.3. The van der Waals surface area contributed by atoms with E-state index in [0.717, 1.165) is 27.6 Å². The molecule has 0 atom stereocenters. The van der Waals surface area contributed by atoms with Crippen LogP contribution >= 0.6 is 0 Å². The summed E-state index contributed by atoms with van der Waals surface area (Å²) in [5.41, 5.74) is 9.51. The molecule has 3 aromatic carbocycles. The molecule has 9 nitrogen and oxygen atoms in total. The molecular weight excluding hydrogens is 690 g/mol. The van der Waals surface area contributed by atoms with Crippen molar-refractivity contribution in [1.29, 1.82) is 0 Å². The number of piperidine rings is 1. The Hall–Kier alpha value is -4.31. The van der Waals surface area contributed by atoms with E-state index in [1.165, 1.54) is 24.3 Å². The molecule has 2 aliphatic heterocycles. The highest BCUT2D eigenvalue weighted by molar-refractivity contribution is 5.96. The second-order valence-corrected chi connectivity index (χ2v) is 13.4. The summed E-state index contributed by atoms with van der Waals surface area (Å²) in [5.74, 6) is -0.653. The number of carbonyl (C=O) groups excluding carboxylic acids is 1. The molecule has 0 unspecified atom stereocenters. The number of ether oxygens (including phenoxy) is 2. The number of carbonyl (C=O) groups is 1. The van der Waals surface area contributed by atoms with Crippen LogP contribution in [0.1, 0.15) is 30.4 Å². The summed E-state index contributed by atoms with van der Waals surface area (Å²) in [5, 5.41) is 7.13. The number of aryl methyl sites for hydroxylation is 1. The lowest BCUT2D eigenvalue weighted by Crippen LogP contribution is -2.59. The highest BCUT2D eigenvalue weighted by Gasteiger charge is 2.35. The number of nitrogens with one attached hydrogen (secondary N) is 2. The van der Waals surface area contributed by atoms with Crippen LogP contribution in [0.15, 0.2) is 72.9 Å². The molecule has 1 aromatic heterocycles. The highest BCUT2D eigenvalue weighted by atomic mass is 19.4. The van der Waals surface area contributed by atoms with Gasteiger partial charge in [-0.25, -0.2) is 0 Å². The first-order valence-corrected chi connectivity index (χ1v) is 17.3. The van der Waals surface area contributed by atoms with Gasteiger partial charge in [0.2, 0.25) is 5.91 Å². The van der Waals surface area contributed by atoms with E-state index < -0.39 is 18.3 Å². The van der Waals surface area contributed by atoms with E-state index in [1.807, 2.05) is 12.3 Å². The standard InChI is InChI=1S/C37H42F6N6O3/c38-36(39,40)51-29-9-7-27(8-10-29)31-25-49(17-3-14-46-34(50)35(44)12-15-45-16-13-35)32-11-6-26(22-30(31)32)23-47-18-20-48(21-19-47)24-28-4-1-2-5-33(28)52-37(41,42)43/h1-2,4-11,22,25,45H,3,12-21,23-24,44H2,(H,46,50). The third-order valence-electron chi connectivity index (χ3n) is 9.62. The Morgan fingerprint density at radius 3 is 2.17 bits per heavy atom. The summed E-state index contributed by atoms with van der Waals surface area (Å²) < 4.78 is 87.6. The quantitative estimate of drug-likeness (QED) is 0.121. The van der Waals surface area contributed by atoms with Crippen LogP contribution in [0.25, 0.3) is 22.0 Å². The molecule has 0 spiro atoms. The van der Waals surface area contributed by atoms with E-state index >= 15 is 0 Å². The SMILES string of the molecule is NC1(C(=O)NCCCn2cc(-c3ccc(OC(F)(F)F)cc3)c3cc(CN4CCN(Cc5ccccc5OC(F)(F)F)CC4)ccc32)CCNCC1. The van der Waals surface area contributed by atoms with Gasteiger partial charge in [-0.15, -0.1) is 26.3 Å². The lowest BCUT2D eigenvalue weighted by molar-refractivity contribution is -0.275. The minimum absolute atomic E-state index is 0.154. The molecule has 3 heterocycles. The molecule has 6 rings (SSSR count). The van der Waals surface area contributed by atoms with E-state index in [-0.39, 0.29) is 17.4 Å². The Bertz CT molecular complexity index is 1810. The number of nitrogens with two attached hydrogens (primary N) is 1. The number of amides is 1. The third kappa shape index (κ3) is 9.76. The smallest absolute Gasteiger partial charge is 0.406 e. The van der Waals surface area contributed by atoms with Crippen LogP contribution in [0.2, 0.25) is 0 Å². The number of fused-ring (bicyclic) bond motifs is 1. The van der Waals surface area contributed by atoms with Gasteiger partial charge in [-0.2, -0.15) is 0 Å². The fraction of sp³-hybridized carbons (Fsp3) is 0.432. The number of hydrogen-bond acceptors (Lipinski definition) is 7. The normalized spacial score (nSPS) is 17.3. The fourth-order valence-corrected chi connectivity index (χ4v) is 6.88. The zero-order valence-corrected chi connectivity index (χ0v) is 28.5. The molecule has 4 N–H and O–H groups in total. The average molecular weight is 733 g/mol. The Balaban J connectivity index is 1.14. The Labute approximate surface area is 297 Å². The molecule has 0 saturated carbocycles. The van der Waals surface area contributed by atoms with Crippen molar-refractivity contribution < 1.29 is 40.6 Å². The fourth-order valence-electron chi connectivity index (χ4n) is 6.88. The minimum Gasteiger partial charge on any atom is -0.406 e. The lowest BCUT2D eigenvalue weighted by Gasteiger charge is -2.35. The molecule has 0 radical (unpaired) electrons. The van der Waals surface area contributed by atoms with Gasteiger partial charge in [0.1, 0.15) is 11.5 Å². The average Bonchev–Trinajstić information content (AvgIpc) is 3.45. The van der Waals surface area contributed by atoms with E-state index in [0.29, 0.717) is 90.3 Å². The van der Waals surface area contributed by atoms with Gasteiger partial charge in [0, 0.05) is 80.6 Å². The number of para-hydroxylation sites is 1. The molecule has 4 aromatic rings. The summed E-state index contributed by atoms with van der Waals surface area (Å²) in [6, 6.07) is 18.1. The number of benzene rings is 3. The summed E-state index contributed by atoms with van der Waals surface area (Å²) in [7, 11) is 0. The molecule has 2 saturated heterocycles. The van der Waals surface area contributed by atoms with Crippen LogP contribution in [0.4, 0.5) is 26.3 Å². The van der Waals surface area contributed by atoms with E-state index in [2.05, 4.69) is 46.6 Å². The maximum Gasteiger partial charge on any atom is 0.573 e. The van der Waals surface area contributed by atoms with Gasteiger partial charge >= 0.3 is 12.7 Å². The summed E-state index contributed by atoms with van der Waals surface area (Å²) in [6.07, 6.45) is -5.79. The molecule has 280 valence electrons. The zero-order chi connectivity index (χ0) is 36.9. The van der Waals surface area contributed by atoms with Crippen molar-refractivity contribution in [3.05, 3.63) is 84.1 Å². The van der Waals surface area contributed by atoms with Gasteiger partial charge in [-0.1, -0.05) is 36.4 Å². The van der Waals surface area contributed by atoms with Crippen molar-refractivity contribution >= 4 is 16.8 Å². The Morgan fingerprint density at radius 1 is 0.846 bits per heavy atom. The van der Waals surface area contributed by atoms with E-state index in [9.17, 15) is 31.1 Å². The number of nitrogens with zero attached hydrogens (tertiary/aromatic N) is 3. The van der Waals surface area contributed by atoms with Gasteiger partial charge in [0.05, 0.1) is 5.54 Å². The van der Waals surface area contributed by atoms with Crippen molar-refractivity contribution in [3.8, 4) is 22.6 Å². The molecule has 2 aliphatic rings. The van der Waals surface area contributed by atoms with Crippen molar-refractivity contribution in [2.75, 3.05) is 45.8 Å². The molecular formula is C37H42F6N6O3. The van der Waals surface area contributed by atoms with Gasteiger partial charge in [0.15, 0.2) is 0 Å². The summed E-state index contributed by atoms with van der Waals surface area (Å²) >= 11 is 0. The second-order valence-electron chi connectivity index (χ2n) is 13.4. The topological polar surface area (TPSA) is 97.0 Å². The number of rotatable bonds is 12. The minimum atomic E-state index is -4.79. The predicted molar refractivity (Wildman–Crippen MR) is 184 cm³/mol. The van der Waals surface area contributed by atoms with Crippen LogP contribution in [0.5, 0.6) is 11.5 Å². The van der Waals surface area contributed by atoms with Crippen LogP contribution in [0, 0.1) is 0 Å². The zero-order valence-electron chi connectivity index (χ0n) is 28.5. The summed E-state index contributed by atoms with van der Waals surface area (Å²) in [6.45, 7) is 6.14. The lowest BCUT2D eigenvalue weighted by atomic mass is 9.88. The van der Waals surface area contributed by atoms with Crippen LogP contribution < -0.4 is 25.8 Å². The number of aromatic nitrogens is 1. The van der Waals surface area contributed by atoms with E-state index in [4.69, 9.17) is 5.73 Å². The van der Waals surface area contributed by atoms with Crippen LogP contribution in [-0.2, 0) is 24.4 Å². The summed E-state index contributed by atoms with van der Waals surface area (Å²) in [4.78, 5) is 17.2. The number of hydrogen-bond donors (Lipinski definition) is 3. The number of alkyl halides is 6. The number of halogens is 6. The van der Waals surface area contributed by atoms with Gasteiger partial charge in [-0.3, -0.25) is 14.6 Å². The molecule has 2 fully saturated rings. The first kappa shape index (κ1) is 37.4. The third-order valence-corrected chi connectivity index (χ3v) is 9.62. The van der Waals surface area contributed by atoms with Crippen LogP contribution in [0.3, 0.4) is 0 Å². The van der Waals surface area contributed by atoms with Crippen LogP contribution in [-0.4, -0.2) is 84.4 Å². The molecule has 1 amide bonds. The van der Waals surface area contributed by atoms with Crippen molar-refractivity contribution in [2.45, 2.75) is 57.2 Å². The number of piperazine rings is 1. The Kier molecular flexibility index (Phi) is 11.3. The maximum atomic E-state index is 12.9. The van der Waals surface area contributed by atoms with Crippen molar-refractivity contribution in [1.82, 2.24) is 25.0 Å². The predicted octanol–water partition coefficient (Wildman–Crippen LogP) is 6.01. The second kappa shape index (κ2) is 15.7. The maximum absolute atomic E-state index is 12.9. The van der Waals surface area contributed by atoms with Gasteiger partial charge in [0.25, 0.3) is 0 Å². The monoisotopic (exact) mass is 732 g/mol. The highest BCUT2D eigenvalue weighted by Crippen LogP contribution is 2.34. The van der Waals surface area contributed by atoms with Gasteiger partial charge < -0.3 is 30.4 Å². The van der Waals surface area contributed by atoms with Gasteiger partial charge in [-0.05, 0) is 73.8 Å². The first-order chi connectivity index (χ1) is 24.7. The molecule has 15 heteroatoms.